The van der Waals surface area contributed by atoms with Crippen molar-refractivity contribution in [1.29, 1.82) is 0 Å². The van der Waals surface area contributed by atoms with E-state index in [2.05, 4.69) is 58.3 Å². The van der Waals surface area contributed by atoms with Crippen LogP contribution in [0.5, 0.6) is 0 Å². The van der Waals surface area contributed by atoms with Gasteiger partial charge in [0.2, 0.25) is 0 Å². The van der Waals surface area contributed by atoms with Gasteiger partial charge in [0.05, 0.1) is 19.3 Å². The van der Waals surface area contributed by atoms with Crippen LogP contribution in [0.15, 0.2) is 48.5 Å². The molecule has 2 aliphatic rings. The average Bonchev–Trinajstić information content (AvgIpc) is 2.86. The second kappa shape index (κ2) is 8.76. The van der Waals surface area contributed by atoms with E-state index in [1.165, 1.54) is 22.4 Å². The van der Waals surface area contributed by atoms with Gasteiger partial charge in [-0.25, -0.2) is 4.79 Å². The highest BCUT2D eigenvalue weighted by Crippen LogP contribution is 2.38. The molecule has 4 rings (SSSR count). The van der Waals surface area contributed by atoms with Gasteiger partial charge < -0.3 is 14.4 Å². The average molecular weight is 380 g/mol. The molecule has 0 unspecified atom stereocenters. The molecule has 5 heteroatoms. The first-order chi connectivity index (χ1) is 13.8. The van der Waals surface area contributed by atoms with Crippen molar-refractivity contribution in [3.63, 3.8) is 0 Å². The summed E-state index contributed by atoms with van der Waals surface area (Å²) in [5, 5.41) is 0. The lowest BCUT2D eigenvalue weighted by molar-refractivity contribution is -0.148. The fraction of sp³-hybridized carbons (Fsp3) is 0.435. The molecule has 2 heterocycles. The topological polar surface area (TPSA) is 42.0 Å². The zero-order chi connectivity index (χ0) is 19.3. The Labute approximate surface area is 166 Å². The molecule has 0 bridgehead atoms. The summed E-state index contributed by atoms with van der Waals surface area (Å²) in [6.45, 7) is 6.56. The third-order valence-corrected chi connectivity index (χ3v) is 5.64. The number of rotatable bonds is 6. The van der Waals surface area contributed by atoms with Gasteiger partial charge >= 0.3 is 5.97 Å². The van der Waals surface area contributed by atoms with Crippen molar-refractivity contribution in [1.82, 2.24) is 4.90 Å². The van der Waals surface area contributed by atoms with Crippen LogP contribution in [0.1, 0.15) is 29.7 Å². The Morgan fingerprint density at radius 1 is 1.07 bits per heavy atom. The number of carbonyl (C=O) groups is 1. The molecular formula is C23H28N2O3. The number of para-hydroxylation sites is 1. The molecule has 1 atom stereocenters. The Morgan fingerprint density at radius 3 is 2.71 bits per heavy atom. The number of hydrogen-bond acceptors (Lipinski definition) is 5. The summed E-state index contributed by atoms with van der Waals surface area (Å²) in [6, 6.07) is 18.0. The van der Waals surface area contributed by atoms with Crippen LogP contribution in [0.3, 0.4) is 0 Å². The lowest BCUT2D eigenvalue weighted by Crippen LogP contribution is -2.49. The lowest BCUT2D eigenvalue weighted by Gasteiger charge is -2.43. The Kier molecular flexibility index (Phi) is 5.93. The van der Waals surface area contributed by atoms with E-state index in [0.717, 1.165) is 32.6 Å². The third kappa shape index (κ3) is 4.05. The lowest BCUT2D eigenvalue weighted by atomic mass is 9.96. The maximum Gasteiger partial charge on any atom is 0.332 e. The van der Waals surface area contributed by atoms with Crippen molar-refractivity contribution in [3.8, 4) is 0 Å². The summed E-state index contributed by atoms with van der Waals surface area (Å²) in [5.74, 6) is -0.290. The van der Waals surface area contributed by atoms with Crippen LogP contribution >= 0.6 is 0 Å². The first-order valence-corrected chi connectivity index (χ1v) is 10.1. The van der Waals surface area contributed by atoms with Crippen LogP contribution < -0.4 is 4.90 Å². The molecule has 1 saturated heterocycles. The van der Waals surface area contributed by atoms with Crippen molar-refractivity contribution in [2.75, 3.05) is 50.9 Å². The van der Waals surface area contributed by atoms with Crippen molar-refractivity contribution >= 4 is 11.7 Å². The molecular weight excluding hydrogens is 352 g/mol. The van der Waals surface area contributed by atoms with Crippen molar-refractivity contribution < 1.29 is 14.3 Å². The molecule has 1 fully saturated rings. The number of hydrogen-bond donors (Lipinski definition) is 0. The molecule has 5 nitrogen and oxygen atoms in total. The summed E-state index contributed by atoms with van der Waals surface area (Å²) < 4.78 is 10.4. The maximum atomic E-state index is 11.4. The minimum atomic E-state index is -0.290. The van der Waals surface area contributed by atoms with Gasteiger partial charge in [-0.2, -0.15) is 0 Å². The summed E-state index contributed by atoms with van der Waals surface area (Å²) in [5.41, 5.74) is 5.62. The van der Waals surface area contributed by atoms with Gasteiger partial charge in [-0.3, -0.25) is 4.90 Å². The quantitative estimate of drug-likeness (QED) is 0.569. The van der Waals surface area contributed by atoms with Crippen molar-refractivity contribution in [2.24, 2.45) is 0 Å². The molecule has 0 aromatic heterocycles. The van der Waals surface area contributed by atoms with Crippen LogP contribution in [0, 0.1) is 0 Å². The number of anilines is 1. The number of piperazine rings is 1. The number of nitrogens with zero attached hydrogens (tertiary/aromatic N) is 2. The molecule has 0 radical (unpaired) electrons. The number of ether oxygens (including phenoxy) is 2. The Bertz CT molecular complexity index is 823. The molecule has 2 aromatic carbocycles. The fourth-order valence-electron chi connectivity index (χ4n) is 4.31. The summed E-state index contributed by atoms with van der Waals surface area (Å²) in [7, 11) is 0. The SMILES string of the molecule is CCOC(=O)COCCN1CCN2c3ccccc3Cc3ccccc3[C@@H]2C1. The van der Waals surface area contributed by atoms with E-state index in [4.69, 9.17) is 9.47 Å². The van der Waals surface area contributed by atoms with E-state index in [1.807, 2.05) is 0 Å². The highest BCUT2D eigenvalue weighted by Gasteiger charge is 2.32. The minimum absolute atomic E-state index is 0.0352. The van der Waals surface area contributed by atoms with Crippen LogP contribution in [0.4, 0.5) is 5.69 Å². The van der Waals surface area contributed by atoms with Crippen LogP contribution in [0.25, 0.3) is 0 Å². The predicted octanol–water partition coefficient (Wildman–Crippen LogP) is 3.03. The predicted molar refractivity (Wildman–Crippen MR) is 110 cm³/mol. The van der Waals surface area contributed by atoms with Gasteiger partial charge in [0.25, 0.3) is 0 Å². The van der Waals surface area contributed by atoms with E-state index in [1.54, 1.807) is 6.92 Å². The summed E-state index contributed by atoms with van der Waals surface area (Å²) >= 11 is 0. The monoisotopic (exact) mass is 380 g/mol. The Morgan fingerprint density at radius 2 is 1.86 bits per heavy atom. The van der Waals surface area contributed by atoms with E-state index in [9.17, 15) is 4.79 Å². The molecule has 2 aliphatic heterocycles. The normalized spacial score (nSPS) is 18.6. The molecule has 0 N–H and O–H groups in total. The van der Waals surface area contributed by atoms with E-state index < -0.39 is 0 Å². The smallest absolute Gasteiger partial charge is 0.332 e. The zero-order valence-electron chi connectivity index (χ0n) is 16.5. The first kappa shape index (κ1) is 19.0. The number of esters is 1. The van der Waals surface area contributed by atoms with Gasteiger partial charge in [0.15, 0.2) is 0 Å². The van der Waals surface area contributed by atoms with Gasteiger partial charge in [0.1, 0.15) is 6.61 Å². The zero-order valence-corrected chi connectivity index (χ0v) is 16.5. The number of benzene rings is 2. The molecule has 0 spiro atoms. The van der Waals surface area contributed by atoms with Crippen LogP contribution in [0.2, 0.25) is 0 Å². The fourth-order valence-corrected chi connectivity index (χ4v) is 4.31. The maximum absolute atomic E-state index is 11.4. The molecule has 0 amide bonds. The van der Waals surface area contributed by atoms with E-state index in [0.29, 0.717) is 19.3 Å². The summed E-state index contributed by atoms with van der Waals surface area (Å²) in [4.78, 5) is 16.4. The molecule has 148 valence electrons. The van der Waals surface area contributed by atoms with Gasteiger partial charge in [-0.1, -0.05) is 42.5 Å². The first-order valence-electron chi connectivity index (χ1n) is 10.1. The highest BCUT2D eigenvalue weighted by molar-refractivity contribution is 5.70. The standard InChI is InChI=1S/C23H28N2O3/c1-2-28-23(26)17-27-14-13-24-11-12-25-21-10-6-4-8-19(21)15-18-7-3-5-9-20(18)22(25)16-24/h3-10,22H,2,11-17H2,1H3/t22-/m0/s1. The molecule has 2 aromatic rings. The third-order valence-electron chi connectivity index (χ3n) is 5.64. The second-order valence-electron chi connectivity index (χ2n) is 7.37. The van der Waals surface area contributed by atoms with E-state index in [-0.39, 0.29) is 12.6 Å². The largest absolute Gasteiger partial charge is 0.464 e. The number of carbonyl (C=O) groups excluding carboxylic acids is 1. The van der Waals surface area contributed by atoms with Crippen LogP contribution in [-0.4, -0.2) is 56.9 Å². The minimum Gasteiger partial charge on any atom is -0.464 e. The molecule has 0 aliphatic carbocycles. The molecule has 0 saturated carbocycles. The van der Waals surface area contributed by atoms with Crippen LogP contribution in [-0.2, 0) is 20.7 Å². The Hall–Kier alpha value is -2.37. The van der Waals surface area contributed by atoms with Crippen molar-refractivity contribution in [2.45, 2.75) is 19.4 Å². The van der Waals surface area contributed by atoms with E-state index >= 15 is 0 Å². The van der Waals surface area contributed by atoms with Gasteiger partial charge in [-0.05, 0) is 36.1 Å². The molecule has 28 heavy (non-hydrogen) atoms. The number of fused-ring (bicyclic) bond motifs is 5. The second-order valence-corrected chi connectivity index (χ2v) is 7.37. The Balaban J connectivity index is 1.46. The van der Waals surface area contributed by atoms with Gasteiger partial charge in [0, 0.05) is 31.9 Å². The van der Waals surface area contributed by atoms with Gasteiger partial charge in [-0.15, -0.1) is 0 Å². The highest BCUT2D eigenvalue weighted by atomic mass is 16.6. The van der Waals surface area contributed by atoms with Crippen molar-refractivity contribution in [3.05, 3.63) is 65.2 Å². The summed E-state index contributed by atoms with van der Waals surface area (Å²) in [6.07, 6.45) is 0.988.